The van der Waals surface area contributed by atoms with Crippen molar-refractivity contribution in [2.75, 3.05) is 30.5 Å². The molecule has 1 fully saturated rings. The molecule has 17 heavy (non-hydrogen) atoms. The Morgan fingerprint density at radius 3 is 2.71 bits per heavy atom. The van der Waals surface area contributed by atoms with E-state index in [9.17, 15) is 0 Å². The van der Waals surface area contributed by atoms with Crippen molar-refractivity contribution in [3.8, 4) is 6.01 Å². The predicted octanol–water partition coefficient (Wildman–Crippen LogP) is 0.402. The fourth-order valence-electron chi connectivity index (χ4n) is 1.61. The Hall–Kier alpha value is -1.63. The molecular weight excluding hydrogens is 220 g/mol. The van der Waals surface area contributed by atoms with Gasteiger partial charge in [0.2, 0.25) is 11.9 Å². The number of methoxy groups -OCH3 is 1. The molecule has 7 nitrogen and oxygen atoms in total. The number of nitrogens with zero attached hydrogens (tertiary/aromatic N) is 4. The van der Waals surface area contributed by atoms with Gasteiger partial charge in [0, 0.05) is 13.1 Å². The molecule has 0 aromatic carbocycles. The molecule has 1 aromatic heterocycles. The highest BCUT2D eigenvalue weighted by atomic mass is 16.5. The topological polar surface area (TPSA) is 89.2 Å². The molecule has 0 aliphatic heterocycles. The van der Waals surface area contributed by atoms with E-state index in [1.54, 1.807) is 0 Å². The minimum Gasteiger partial charge on any atom is -0.467 e. The fourth-order valence-corrected chi connectivity index (χ4v) is 1.61. The van der Waals surface area contributed by atoms with Gasteiger partial charge in [-0.3, -0.25) is 5.43 Å². The third kappa shape index (κ3) is 2.94. The molecule has 1 saturated carbocycles. The summed E-state index contributed by atoms with van der Waals surface area (Å²) < 4.78 is 5.03. The van der Waals surface area contributed by atoms with Gasteiger partial charge in [-0.25, -0.2) is 5.84 Å². The Morgan fingerprint density at radius 1 is 1.41 bits per heavy atom. The lowest BCUT2D eigenvalue weighted by molar-refractivity contribution is 0.378. The van der Waals surface area contributed by atoms with Gasteiger partial charge in [0.1, 0.15) is 0 Å². The van der Waals surface area contributed by atoms with Crippen molar-refractivity contribution < 1.29 is 4.74 Å². The zero-order chi connectivity index (χ0) is 12.3. The SMILES string of the molecule is CCN(CC1CC1)c1nc(NN)nc(OC)n1. The Kier molecular flexibility index (Phi) is 3.58. The van der Waals surface area contributed by atoms with Gasteiger partial charge in [0.15, 0.2) is 0 Å². The minimum atomic E-state index is 0.275. The summed E-state index contributed by atoms with van der Waals surface area (Å²) in [5.74, 6) is 7.02. The van der Waals surface area contributed by atoms with Gasteiger partial charge in [-0.05, 0) is 25.7 Å². The van der Waals surface area contributed by atoms with Crippen molar-refractivity contribution in [3.63, 3.8) is 0 Å². The fraction of sp³-hybridized carbons (Fsp3) is 0.700. The highest BCUT2D eigenvalue weighted by Crippen LogP contribution is 2.30. The summed E-state index contributed by atoms with van der Waals surface area (Å²) in [7, 11) is 1.52. The summed E-state index contributed by atoms with van der Waals surface area (Å²) >= 11 is 0. The van der Waals surface area contributed by atoms with Crippen LogP contribution in [0.25, 0.3) is 0 Å². The second-order valence-corrected chi connectivity index (χ2v) is 4.07. The predicted molar refractivity (Wildman–Crippen MR) is 64.8 cm³/mol. The van der Waals surface area contributed by atoms with Crippen molar-refractivity contribution >= 4 is 11.9 Å². The third-order valence-electron chi connectivity index (χ3n) is 2.75. The molecule has 0 amide bonds. The molecule has 2 rings (SSSR count). The average Bonchev–Trinajstić information content (AvgIpc) is 3.19. The van der Waals surface area contributed by atoms with E-state index in [2.05, 4.69) is 32.2 Å². The van der Waals surface area contributed by atoms with E-state index in [0.29, 0.717) is 11.9 Å². The van der Waals surface area contributed by atoms with E-state index in [1.165, 1.54) is 20.0 Å². The van der Waals surface area contributed by atoms with Gasteiger partial charge in [-0.1, -0.05) is 0 Å². The van der Waals surface area contributed by atoms with Crippen LogP contribution in [0, 0.1) is 5.92 Å². The normalized spacial score (nSPS) is 14.5. The van der Waals surface area contributed by atoms with Gasteiger partial charge < -0.3 is 9.64 Å². The molecule has 0 atom stereocenters. The molecule has 1 aliphatic carbocycles. The average molecular weight is 238 g/mol. The number of nitrogen functional groups attached to an aromatic ring is 1. The highest BCUT2D eigenvalue weighted by molar-refractivity contribution is 5.37. The van der Waals surface area contributed by atoms with Crippen LogP contribution in [0.4, 0.5) is 11.9 Å². The molecule has 0 radical (unpaired) electrons. The molecule has 0 spiro atoms. The summed E-state index contributed by atoms with van der Waals surface area (Å²) in [6, 6.07) is 0.275. The first kappa shape index (κ1) is 11.8. The van der Waals surface area contributed by atoms with Crippen LogP contribution in [0.2, 0.25) is 0 Å². The lowest BCUT2D eigenvalue weighted by Gasteiger charge is -2.20. The van der Waals surface area contributed by atoms with Crippen LogP contribution in [0.15, 0.2) is 0 Å². The highest BCUT2D eigenvalue weighted by Gasteiger charge is 2.25. The van der Waals surface area contributed by atoms with E-state index < -0.39 is 0 Å². The lowest BCUT2D eigenvalue weighted by Crippen LogP contribution is -2.28. The van der Waals surface area contributed by atoms with Gasteiger partial charge in [0.05, 0.1) is 7.11 Å². The molecule has 1 aromatic rings. The molecule has 0 saturated heterocycles. The molecule has 7 heteroatoms. The van der Waals surface area contributed by atoms with E-state index in [-0.39, 0.29) is 6.01 Å². The minimum absolute atomic E-state index is 0.275. The molecular formula is C10H18N6O. The van der Waals surface area contributed by atoms with Crippen molar-refractivity contribution in [3.05, 3.63) is 0 Å². The van der Waals surface area contributed by atoms with Crippen LogP contribution < -0.4 is 20.9 Å². The Labute approximate surface area is 100 Å². The quantitative estimate of drug-likeness (QED) is 0.547. The van der Waals surface area contributed by atoms with E-state index in [0.717, 1.165) is 19.0 Å². The van der Waals surface area contributed by atoms with Gasteiger partial charge in [-0.2, -0.15) is 15.0 Å². The number of hydrogen-bond donors (Lipinski definition) is 2. The van der Waals surface area contributed by atoms with Gasteiger partial charge in [0.25, 0.3) is 0 Å². The second kappa shape index (κ2) is 5.13. The van der Waals surface area contributed by atoms with Crippen molar-refractivity contribution in [1.29, 1.82) is 0 Å². The number of ether oxygens (including phenoxy) is 1. The molecule has 0 bridgehead atoms. The Morgan fingerprint density at radius 2 is 2.18 bits per heavy atom. The molecule has 1 heterocycles. The largest absolute Gasteiger partial charge is 0.467 e. The van der Waals surface area contributed by atoms with Crippen molar-refractivity contribution in [2.45, 2.75) is 19.8 Å². The number of nitrogens with two attached hydrogens (primary N) is 1. The number of hydrogen-bond acceptors (Lipinski definition) is 7. The lowest BCUT2D eigenvalue weighted by atomic mass is 10.4. The maximum atomic E-state index is 5.32. The zero-order valence-corrected chi connectivity index (χ0v) is 10.2. The number of anilines is 2. The maximum Gasteiger partial charge on any atom is 0.322 e. The number of hydrazine groups is 1. The van der Waals surface area contributed by atoms with Crippen LogP contribution in [-0.4, -0.2) is 35.2 Å². The standard InChI is InChI=1S/C10H18N6O/c1-3-16(6-7-4-5-7)9-12-8(15-11)13-10(14-9)17-2/h7H,3-6,11H2,1-2H3,(H,12,13,14,15). The smallest absolute Gasteiger partial charge is 0.322 e. The van der Waals surface area contributed by atoms with Crippen molar-refractivity contribution in [1.82, 2.24) is 15.0 Å². The maximum absolute atomic E-state index is 5.32. The summed E-state index contributed by atoms with van der Waals surface area (Å²) in [6.07, 6.45) is 2.58. The van der Waals surface area contributed by atoms with Crippen LogP contribution in [0.3, 0.4) is 0 Å². The first-order valence-electron chi connectivity index (χ1n) is 5.78. The second-order valence-electron chi connectivity index (χ2n) is 4.07. The number of nitrogens with one attached hydrogen (secondary N) is 1. The first-order valence-corrected chi connectivity index (χ1v) is 5.78. The number of rotatable bonds is 6. The van der Waals surface area contributed by atoms with Crippen LogP contribution in [0.5, 0.6) is 6.01 Å². The zero-order valence-electron chi connectivity index (χ0n) is 10.2. The van der Waals surface area contributed by atoms with Crippen molar-refractivity contribution in [2.24, 2.45) is 11.8 Å². The van der Waals surface area contributed by atoms with Crippen LogP contribution in [-0.2, 0) is 0 Å². The molecule has 3 N–H and O–H groups in total. The van der Waals surface area contributed by atoms with Crippen LogP contribution in [0.1, 0.15) is 19.8 Å². The van der Waals surface area contributed by atoms with Gasteiger partial charge >= 0.3 is 6.01 Å². The number of aromatic nitrogens is 3. The van der Waals surface area contributed by atoms with E-state index in [1.807, 2.05) is 0 Å². The van der Waals surface area contributed by atoms with E-state index in [4.69, 9.17) is 10.6 Å². The summed E-state index contributed by atoms with van der Waals surface area (Å²) in [5, 5.41) is 0. The summed E-state index contributed by atoms with van der Waals surface area (Å²) in [4.78, 5) is 14.6. The molecule has 1 aliphatic rings. The van der Waals surface area contributed by atoms with Crippen LogP contribution >= 0.6 is 0 Å². The summed E-state index contributed by atoms with van der Waals surface area (Å²) in [6.45, 7) is 3.91. The Bertz CT molecular complexity index is 359. The molecule has 0 unspecified atom stereocenters. The third-order valence-corrected chi connectivity index (χ3v) is 2.75. The molecule has 94 valence electrons. The summed E-state index contributed by atoms with van der Waals surface area (Å²) in [5.41, 5.74) is 2.42. The first-order chi connectivity index (χ1) is 8.26. The Balaban J connectivity index is 2.20. The van der Waals surface area contributed by atoms with Gasteiger partial charge in [-0.15, -0.1) is 0 Å². The monoisotopic (exact) mass is 238 g/mol. The van der Waals surface area contributed by atoms with E-state index >= 15 is 0 Å².